The van der Waals surface area contributed by atoms with E-state index in [1.807, 2.05) is 12.1 Å². The molecule has 136 valence electrons. The summed E-state index contributed by atoms with van der Waals surface area (Å²) in [5.74, 6) is 0. The molecule has 0 atom stereocenters. The number of benzene rings is 4. The molecule has 0 fully saturated rings. The summed E-state index contributed by atoms with van der Waals surface area (Å²) in [5, 5.41) is 12.6. The Balaban J connectivity index is 1.86. The van der Waals surface area contributed by atoms with Crippen LogP contribution in [0.4, 0.5) is 0 Å². The van der Waals surface area contributed by atoms with Crippen molar-refractivity contribution in [2.24, 2.45) is 5.73 Å². The predicted molar refractivity (Wildman–Crippen MR) is 122 cm³/mol. The molecular formula is C26H22N2. The van der Waals surface area contributed by atoms with Gasteiger partial charge in [-0.15, -0.1) is 0 Å². The molecule has 0 bridgehead atoms. The Kier molecular flexibility index (Phi) is 4.77. The molecule has 4 aromatic carbocycles. The third-order valence-electron chi connectivity index (χ3n) is 5.27. The highest BCUT2D eigenvalue weighted by molar-refractivity contribution is 6.09. The first-order valence-corrected chi connectivity index (χ1v) is 9.32. The Labute approximate surface area is 165 Å². The van der Waals surface area contributed by atoms with E-state index in [0.29, 0.717) is 5.57 Å². The average Bonchev–Trinajstić information content (AvgIpc) is 2.75. The summed E-state index contributed by atoms with van der Waals surface area (Å²) in [6.07, 6.45) is 5.43. The van der Waals surface area contributed by atoms with E-state index >= 15 is 0 Å². The number of fused-ring (bicyclic) bond motifs is 3. The van der Waals surface area contributed by atoms with E-state index in [2.05, 4.69) is 73.3 Å². The van der Waals surface area contributed by atoms with Gasteiger partial charge in [0.25, 0.3) is 0 Å². The summed E-state index contributed by atoms with van der Waals surface area (Å²) in [6.45, 7) is 3.99. The van der Waals surface area contributed by atoms with Gasteiger partial charge < -0.3 is 11.1 Å². The Morgan fingerprint density at radius 2 is 1.57 bits per heavy atom. The van der Waals surface area contributed by atoms with Crippen LogP contribution in [-0.4, -0.2) is 6.21 Å². The molecule has 4 rings (SSSR count). The predicted octanol–water partition coefficient (Wildman–Crippen LogP) is 6.18. The van der Waals surface area contributed by atoms with Gasteiger partial charge in [-0.25, -0.2) is 0 Å². The molecule has 0 aliphatic heterocycles. The van der Waals surface area contributed by atoms with Crippen molar-refractivity contribution < 1.29 is 0 Å². The smallest absolute Gasteiger partial charge is 0.0270 e. The number of allylic oxidation sites excluding steroid dienone is 1. The zero-order valence-corrected chi connectivity index (χ0v) is 15.7. The summed E-state index contributed by atoms with van der Waals surface area (Å²) in [7, 11) is 0. The lowest BCUT2D eigenvalue weighted by Gasteiger charge is -2.13. The van der Waals surface area contributed by atoms with E-state index in [0.717, 1.165) is 17.5 Å². The molecule has 0 saturated carbocycles. The van der Waals surface area contributed by atoms with Crippen LogP contribution < -0.4 is 5.73 Å². The lowest BCUT2D eigenvalue weighted by atomic mass is 9.91. The lowest BCUT2D eigenvalue weighted by Crippen LogP contribution is -1.97. The van der Waals surface area contributed by atoms with Crippen molar-refractivity contribution in [1.82, 2.24) is 0 Å². The zero-order chi connectivity index (χ0) is 19.5. The molecular weight excluding hydrogens is 340 g/mol. The van der Waals surface area contributed by atoms with Crippen LogP contribution in [0, 0.1) is 5.41 Å². The van der Waals surface area contributed by atoms with Gasteiger partial charge in [-0.1, -0.05) is 79.4 Å². The third kappa shape index (κ3) is 3.10. The maximum atomic E-state index is 7.53. The van der Waals surface area contributed by atoms with Gasteiger partial charge in [0.15, 0.2) is 0 Å². The van der Waals surface area contributed by atoms with Crippen LogP contribution in [-0.2, 0) is 6.42 Å². The largest absolute Gasteiger partial charge is 0.404 e. The van der Waals surface area contributed by atoms with Crippen molar-refractivity contribution in [3.63, 3.8) is 0 Å². The second-order valence-electron chi connectivity index (χ2n) is 6.86. The van der Waals surface area contributed by atoms with Crippen LogP contribution in [0.5, 0.6) is 0 Å². The van der Waals surface area contributed by atoms with Crippen molar-refractivity contribution in [1.29, 1.82) is 5.41 Å². The minimum atomic E-state index is 0.700. The highest BCUT2D eigenvalue weighted by Crippen LogP contribution is 2.31. The molecule has 0 unspecified atom stereocenters. The second kappa shape index (κ2) is 7.53. The molecule has 2 nitrogen and oxygen atoms in total. The Bertz CT molecular complexity index is 1230. The lowest BCUT2D eigenvalue weighted by molar-refractivity contribution is 1.21. The van der Waals surface area contributed by atoms with Crippen molar-refractivity contribution in [3.05, 3.63) is 108 Å². The Morgan fingerprint density at radius 3 is 2.29 bits per heavy atom. The summed E-state index contributed by atoms with van der Waals surface area (Å²) in [5.41, 5.74) is 10.8. The number of nitrogens with two attached hydrogens (primary N) is 1. The molecule has 0 saturated heterocycles. The van der Waals surface area contributed by atoms with Crippen molar-refractivity contribution in [3.8, 4) is 0 Å². The maximum Gasteiger partial charge on any atom is 0.0270 e. The minimum absolute atomic E-state index is 0.700. The van der Waals surface area contributed by atoms with Gasteiger partial charge in [0.05, 0.1) is 0 Å². The second-order valence-corrected chi connectivity index (χ2v) is 6.86. The van der Waals surface area contributed by atoms with Gasteiger partial charge >= 0.3 is 0 Å². The van der Waals surface area contributed by atoms with E-state index < -0.39 is 0 Å². The molecule has 0 radical (unpaired) electrons. The van der Waals surface area contributed by atoms with Gasteiger partial charge in [0, 0.05) is 18.0 Å². The van der Waals surface area contributed by atoms with Crippen LogP contribution in [0.25, 0.3) is 33.2 Å². The van der Waals surface area contributed by atoms with Crippen LogP contribution in [0.3, 0.4) is 0 Å². The van der Waals surface area contributed by atoms with E-state index in [1.165, 1.54) is 45.1 Å². The maximum absolute atomic E-state index is 7.53. The standard InChI is InChI=1S/C26H22N2/c1-2-18-13-20(23(16-27)17-28)12-11-19(18)14-22-15-21-7-3-4-8-24(21)26-10-6-5-9-25(22)26/h2-13,15-17,27H,1,14,28H2/b23-17+,27-16?. The highest BCUT2D eigenvalue weighted by atomic mass is 14.5. The monoisotopic (exact) mass is 362 g/mol. The molecule has 3 N–H and O–H groups in total. The van der Waals surface area contributed by atoms with Crippen LogP contribution in [0.1, 0.15) is 22.3 Å². The fraction of sp³-hybridized carbons (Fsp3) is 0.0385. The van der Waals surface area contributed by atoms with Crippen molar-refractivity contribution in [2.75, 3.05) is 0 Å². The first-order valence-electron chi connectivity index (χ1n) is 9.32. The number of hydrogen-bond acceptors (Lipinski definition) is 2. The molecule has 0 aliphatic carbocycles. The zero-order valence-electron chi connectivity index (χ0n) is 15.7. The molecule has 0 spiro atoms. The molecule has 2 heteroatoms. The van der Waals surface area contributed by atoms with E-state index in [4.69, 9.17) is 11.1 Å². The number of nitrogens with one attached hydrogen (secondary N) is 1. The first-order chi connectivity index (χ1) is 13.7. The minimum Gasteiger partial charge on any atom is -0.404 e. The Morgan fingerprint density at radius 1 is 0.857 bits per heavy atom. The molecule has 0 heterocycles. The quantitative estimate of drug-likeness (QED) is 0.323. The van der Waals surface area contributed by atoms with Gasteiger partial charge in [-0.3, -0.25) is 0 Å². The third-order valence-corrected chi connectivity index (χ3v) is 5.27. The number of hydrogen-bond donors (Lipinski definition) is 2. The van der Waals surface area contributed by atoms with Gasteiger partial charge in [0.2, 0.25) is 0 Å². The fourth-order valence-corrected chi connectivity index (χ4v) is 3.84. The van der Waals surface area contributed by atoms with Gasteiger partial charge in [0.1, 0.15) is 0 Å². The van der Waals surface area contributed by atoms with Gasteiger partial charge in [-0.05, 0) is 56.3 Å². The molecule has 0 aromatic heterocycles. The molecule has 0 amide bonds. The van der Waals surface area contributed by atoms with E-state index in [-0.39, 0.29) is 0 Å². The molecule has 4 aromatic rings. The average molecular weight is 362 g/mol. The van der Waals surface area contributed by atoms with Crippen molar-refractivity contribution in [2.45, 2.75) is 6.42 Å². The fourth-order valence-electron chi connectivity index (χ4n) is 3.84. The first kappa shape index (κ1) is 17.7. The van der Waals surface area contributed by atoms with Crippen LogP contribution in [0.2, 0.25) is 0 Å². The summed E-state index contributed by atoms with van der Waals surface area (Å²) >= 11 is 0. The summed E-state index contributed by atoms with van der Waals surface area (Å²) in [4.78, 5) is 0. The SMILES string of the molecule is C=Cc1cc(/C(C=N)=C/N)ccc1Cc1cc2ccccc2c2ccccc12. The van der Waals surface area contributed by atoms with Crippen LogP contribution in [0.15, 0.2) is 85.6 Å². The summed E-state index contributed by atoms with van der Waals surface area (Å²) < 4.78 is 0. The highest BCUT2D eigenvalue weighted by Gasteiger charge is 2.10. The summed E-state index contributed by atoms with van der Waals surface area (Å²) in [6, 6.07) is 25.6. The van der Waals surface area contributed by atoms with Gasteiger partial charge in [-0.2, -0.15) is 0 Å². The van der Waals surface area contributed by atoms with E-state index in [1.54, 1.807) is 0 Å². The van der Waals surface area contributed by atoms with Crippen LogP contribution >= 0.6 is 0 Å². The topological polar surface area (TPSA) is 49.9 Å². The normalized spacial score (nSPS) is 11.6. The van der Waals surface area contributed by atoms with E-state index in [9.17, 15) is 0 Å². The van der Waals surface area contributed by atoms with Crippen molar-refractivity contribution >= 4 is 39.4 Å². The number of rotatable bonds is 5. The molecule has 0 aliphatic rings. The Hall–Kier alpha value is -3.65. The molecule has 28 heavy (non-hydrogen) atoms.